The molecule has 1 N–H and O–H groups in total. The predicted molar refractivity (Wildman–Crippen MR) is 60.7 cm³/mol. The molecule has 0 aromatic heterocycles. The van der Waals surface area contributed by atoms with Gasteiger partial charge in [0.1, 0.15) is 0 Å². The Bertz CT molecular complexity index is 353. The molecule has 4 heteroatoms. The van der Waals surface area contributed by atoms with Gasteiger partial charge in [0, 0.05) is 6.20 Å². The summed E-state index contributed by atoms with van der Waals surface area (Å²) in [7, 11) is 0. The maximum absolute atomic E-state index is 11.4. The molecule has 0 saturated carbocycles. The molecule has 16 heavy (non-hydrogen) atoms. The summed E-state index contributed by atoms with van der Waals surface area (Å²) < 4.78 is 5.19. The standard InChI is InChI=1S/C12H17NO3/c1-4-16-12-7-10(5-6-11(12)14)8-13(15)9(2)3/h5-9,15H,4H2,1-3H3. The van der Waals surface area contributed by atoms with Crippen LogP contribution in [0.1, 0.15) is 20.8 Å². The molecule has 1 aliphatic carbocycles. The fourth-order valence-electron chi connectivity index (χ4n) is 1.18. The monoisotopic (exact) mass is 223 g/mol. The van der Waals surface area contributed by atoms with Crippen LogP contribution in [0.4, 0.5) is 0 Å². The molecule has 0 aromatic carbocycles. The van der Waals surface area contributed by atoms with E-state index in [1.807, 2.05) is 20.8 Å². The summed E-state index contributed by atoms with van der Waals surface area (Å²) in [5.74, 6) is 0.168. The summed E-state index contributed by atoms with van der Waals surface area (Å²) in [5.41, 5.74) is 0.735. The minimum Gasteiger partial charge on any atom is -0.490 e. The Hall–Kier alpha value is -1.55. The van der Waals surface area contributed by atoms with E-state index in [0.717, 1.165) is 10.6 Å². The van der Waals surface area contributed by atoms with Gasteiger partial charge in [-0.3, -0.25) is 15.1 Å². The van der Waals surface area contributed by atoms with Gasteiger partial charge < -0.3 is 4.74 Å². The third-order valence-corrected chi connectivity index (χ3v) is 2.08. The zero-order chi connectivity index (χ0) is 12.1. The minimum absolute atomic E-state index is 0.0116. The molecular weight excluding hydrogens is 206 g/mol. The summed E-state index contributed by atoms with van der Waals surface area (Å²) >= 11 is 0. The SMILES string of the molecule is CCOC1=CC(=CN(O)C(C)C)C=CC1=O. The van der Waals surface area contributed by atoms with Crippen molar-refractivity contribution >= 4 is 5.78 Å². The molecule has 0 heterocycles. The highest BCUT2D eigenvalue weighted by molar-refractivity contribution is 6.04. The second-order valence-corrected chi connectivity index (χ2v) is 3.74. The zero-order valence-corrected chi connectivity index (χ0v) is 9.80. The number of hydrogen-bond acceptors (Lipinski definition) is 4. The Morgan fingerprint density at radius 1 is 1.50 bits per heavy atom. The van der Waals surface area contributed by atoms with Crippen LogP contribution in [0.2, 0.25) is 0 Å². The maximum atomic E-state index is 11.4. The van der Waals surface area contributed by atoms with Crippen LogP contribution in [0.5, 0.6) is 0 Å². The van der Waals surface area contributed by atoms with Gasteiger partial charge in [-0.05, 0) is 44.6 Å². The van der Waals surface area contributed by atoms with Crippen molar-refractivity contribution in [3.05, 3.63) is 35.8 Å². The van der Waals surface area contributed by atoms with Crippen LogP contribution < -0.4 is 0 Å². The molecule has 88 valence electrons. The van der Waals surface area contributed by atoms with E-state index >= 15 is 0 Å². The van der Waals surface area contributed by atoms with Crippen LogP contribution >= 0.6 is 0 Å². The van der Waals surface area contributed by atoms with E-state index in [1.54, 1.807) is 18.4 Å². The van der Waals surface area contributed by atoms with Gasteiger partial charge in [-0.2, -0.15) is 0 Å². The summed E-state index contributed by atoms with van der Waals surface area (Å²) in [4.78, 5) is 11.4. The van der Waals surface area contributed by atoms with E-state index in [-0.39, 0.29) is 11.8 Å². The topological polar surface area (TPSA) is 49.8 Å². The summed E-state index contributed by atoms with van der Waals surface area (Å²) in [6.07, 6.45) is 6.27. The first-order valence-electron chi connectivity index (χ1n) is 5.30. The number of ketones is 1. The second-order valence-electron chi connectivity index (χ2n) is 3.74. The number of carbonyl (C=O) groups excluding carboxylic acids is 1. The predicted octanol–water partition coefficient (Wildman–Crippen LogP) is 2.03. The fraction of sp³-hybridized carbons (Fsp3) is 0.417. The summed E-state index contributed by atoms with van der Waals surface area (Å²) in [6, 6.07) is -0.0116. The molecule has 0 amide bonds. The molecule has 1 aliphatic rings. The molecule has 1 rings (SSSR count). The molecule has 0 aromatic rings. The lowest BCUT2D eigenvalue weighted by molar-refractivity contribution is -0.114. The quantitative estimate of drug-likeness (QED) is 0.741. The smallest absolute Gasteiger partial charge is 0.220 e. The Morgan fingerprint density at radius 2 is 2.19 bits per heavy atom. The lowest BCUT2D eigenvalue weighted by Crippen LogP contribution is -2.21. The number of carbonyl (C=O) groups is 1. The molecule has 0 radical (unpaired) electrons. The van der Waals surface area contributed by atoms with Gasteiger partial charge in [0.2, 0.25) is 5.78 Å². The van der Waals surface area contributed by atoms with Gasteiger partial charge in [0.25, 0.3) is 0 Å². The number of ether oxygens (including phenoxy) is 1. The fourth-order valence-corrected chi connectivity index (χ4v) is 1.18. The van der Waals surface area contributed by atoms with E-state index in [9.17, 15) is 10.0 Å². The van der Waals surface area contributed by atoms with Crippen LogP contribution in [-0.4, -0.2) is 28.7 Å². The Kier molecular flexibility index (Phi) is 4.31. The van der Waals surface area contributed by atoms with Crippen molar-refractivity contribution in [1.29, 1.82) is 0 Å². The van der Waals surface area contributed by atoms with Gasteiger partial charge in [-0.1, -0.05) is 0 Å². The van der Waals surface area contributed by atoms with Gasteiger partial charge in [0.15, 0.2) is 5.76 Å². The average molecular weight is 223 g/mol. The lowest BCUT2D eigenvalue weighted by Gasteiger charge is -2.18. The van der Waals surface area contributed by atoms with E-state index in [2.05, 4.69) is 0 Å². The van der Waals surface area contributed by atoms with Crippen molar-refractivity contribution in [2.75, 3.05) is 6.61 Å². The number of hydrogen-bond donors (Lipinski definition) is 1. The number of rotatable bonds is 4. The van der Waals surface area contributed by atoms with Crippen LogP contribution in [-0.2, 0) is 9.53 Å². The normalized spacial score (nSPS) is 17.9. The highest BCUT2D eigenvalue weighted by Gasteiger charge is 2.13. The van der Waals surface area contributed by atoms with Crippen molar-refractivity contribution in [3.8, 4) is 0 Å². The van der Waals surface area contributed by atoms with E-state index in [0.29, 0.717) is 12.4 Å². The highest BCUT2D eigenvalue weighted by Crippen LogP contribution is 2.15. The Morgan fingerprint density at radius 3 is 2.75 bits per heavy atom. The number of nitrogens with zero attached hydrogens (tertiary/aromatic N) is 1. The largest absolute Gasteiger partial charge is 0.490 e. The van der Waals surface area contributed by atoms with E-state index < -0.39 is 0 Å². The molecule has 0 saturated heterocycles. The molecule has 0 bridgehead atoms. The van der Waals surface area contributed by atoms with Crippen LogP contribution in [0, 0.1) is 0 Å². The van der Waals surface area contributed by atoms with Crippen LogP contribution in [0.25, 0.3) is 0 Å². The lowest BCUT2D eigenvalue weighted by atomic mass is 10.1. The maximum Gasteiger partial charge on any atom is 0.220 e. The van der Waals surface area contributed by atoms with Crippen LogP contribution in [0.15, 0.2) is 35.8 Å². The highest BCUT2D eigenvalue weighted by atomic mass is 16.5. The molecule has 0 aliphatic heterocycles. The first-order chi connectivity index (χ1) is 7.54. The third-order valence-electron chi connectivity index (χ3n) is 2.08. The van der Waals surface area contributed by atoms with Gasteiger partial charge in [-0.25, -0.2) is 0 Å². The summed E-state index contributed by atoms with van der Waals surface area (Å²) in [5, 5.41) is 10.6. The average Bonchev–Trinajstić information content (AvgIpc) is 2.23. The first kappa shape index (κ1) is 12.5. The van der Waals surface area contributed by atoms with Gasteiger partial charge >= 0.3 is 0 Å². The minimum atomic E-state index is -0.145. The van der Waals surface area contributed by atoms with Crippen LogP contribution in [0.3, 0.4) is 0 Å². The van der Waals surface area contributed by atoms with Crippen molar-refractivity contribution < 1.29 is 14.7 Å². The van der Waals surface area contributed by atoms with Gasteiger partial charge in [0.05, 0.1) is 12.6 Å². The van der Waals surface area contributed by atoms with E-state index in [1.165, 1.54) is 6.08 Å². The van der Waals surface area contributed by atoms with Crippen molar-refractivity contribution in [2.24, 2.45) is 0 Å². The van der Waals surface area contributed by atoms with Crippen molar-refractivity contribution in [1.82, 2.24) is 5.06 Å². The number of allylic oxidation sites excluding steroid dienone is 4. The van der Waals surface area contributed by atoms with Gasteiger partial charge in [-0.15, -0.1) is 0 Å². The molecule has 0 fully saturated rings. The Balaban J connectivity index is 2.83. The van der Waals surface area contributed by atoms with E-state index in [4.69, 9.17) is 4.74 Å². The molecule has 0 unspecified atom stereocenters. The zero-order valence-electron chi connectivity index (χ0n) is 9.80. The third kappa shape index (κ3) is 3.24. The molecule has 4 nitrogen and oxygen atoms in total. The Labute approximate surface area is 95.5 Å². The second kappa shape index (κ2) is 5.51. The number of hydroxylamine groups is 2. The first-order valence-corrected chi connectivity index (χ1v) is 5.30. The summed E-state index contributed by atoms with van der Waals surface area (Å²) in [6.45, 7) is 6.00. The van der Waals surface area contributed by atoms with Crippen molar-refractivity contribution in [2.45, 2.75) is 26.8 Å². The molecular formula is C12H17NO3. The van der Waals surface area contributed by atoms with Crippen molar-refractivity contribution in [3.63, 3.8) is 0 Å². The molecule has 0 spiro atoms. The molecule has 0 atom stereocenters.